The number of aliphatic imine (C=N–C) groups is 1. The van der Waals surface area contributed by atoms with Crippen molar-refractivity contribution in [2.45, 2.75) is 52.7 Å². The highest BCUT2D eigenvalue weighted by molar-refractivity contribution is 5.80. The molecule has 1 saturated heterocycles. The molecule has 0 aromatic carbocycles. The lowest BCUT2D eigenvalue weighted by Crippen LogP contribution is -2.47. The second kappa shape index (κ2) is 10.9. The van der Waals surface area contributed by atoms with Gasteiger partial charge in [0, 0.05) is 38.0 Å². The Hall–Kier alpha value is -1.82. The van der Waals surface area contributed by atoms with E-state index in [0.29, 0.717) is 25.1 Å². The molecule has 1 N–H and O–H groups in total. The molecule has 0 aliphatic carbocycles. The first-order valence-electron chi connectivity index (χ1n) is 9.50. The fourth-order valence-corrected chi connectivity index (χ4v) is 2.93. The summed E-state index contributed by atoms with van der Waals surface area (Å²) in [6.07, 6.45) is 5.22. The van der Waals surface area contributed by atoms with E-state index in [0.717, 1.165) is 57.0 Å². The van der Waals surface area contributed by atoms with Crippen molar-refractivity contribution >= 4 is 5.96 Å². The number of nitrogens with one attached hydrogen (secondary N) is 1. The SMILES string of the molecule is CCCOc1ncccc1CN=C(NCC)N1CCC(OCC)CC1. The van der Waals surface area contributed by atoms with Crippen LogP contribution in [-0.4, -0.2) is 54.8 Å². The van der Waals surface area contributed by atoms with Gasteiger partial charge in [-0.3, -0.25) is 0 Å². The summed E-state index contributed by atoms with van der Waals surface area (Å²) in [5.41, 5.74) is 1.02. The van der Waals surface area contributed by atoms with E-state index in [-0.39, 0.29) is 0 Å². The molecule has 0 saturated carbocycles. The second-order valence-corrected chi connectivity index (χ2v) is 6.13. The molecule has 6 heteroatoms. The molecule has 0 bridgehead atoms. The number of guanidine groups is 1. The van der Waals surface area contributed by atoms with Crippen molar-refractivity contribution in [3.63, 3.8) is 0 Å². The van der Waals surface area contributed by atoms with E-state index in [1.54, 1.807) is 6.20 Å². The van der Waals surface area contributed by atoms with Gasteiger partial charge in [0.2, 0.25) is 5.88 Å². The summed E-state index contributed by atoms with van der Waals surface area (Å²) in [5, 5.41) is 3.41. The molecular formula is C19H32N4O2. The number of nitrogens with zero attached hydrogens (tertiary/aromatic N) is 3. The molecule has 0 radical (unpaired) electrons. The van der Waals surface area contributed by atoms with Crippen LogP contribution >= 0.6 is 0 Å². The van der Waals surface area contributed by atoms with Crippen LogP contribution < -0.4 is 10.1 Å². The molecule has 0 spiro atoms. The van der Waals surface area contributed by atoms with Crippen LogP contribution in [-0.2, 0) is 11.3 Å². The Kier molecular flexibility index (Phi) is 8.52. The lowest BCUT2D eigenvalue weighted by atomic mass is 10.1. The molecule has 25 heavy (non-hydrogen) atoms. The minimum atomic E-state index is 0.386. The van der Waals surface area contributed by atoms with Crippen molar-refractivity contribution in [2.24, 2.45) is 4.99 Å². The van der Waals surface area contributed by atoms with Crippen LogP contribution in [0.4, 0.5) is 0 Å². The monoisotopic (exact) mass is 348 g/mol. The van der Waals surface area contributed by atoms with Gasteiger partial charge in [-0.05, 0) is 39.2 Å². The van der Waals surface area contributed by atoms with Gasteiger partial charge in [0.25, 0.3) is 0 Å². The summed E-state index contributed by atoms with van der Waals surface area (Å²) in [6.45, 7) is 11.1. The van der Waals surface area contributed by atoms with Gasteiger partial charge in [-0.2, -0.15) is 0 Å². The fraction of sp³-hybridized carbons (Fsp3) is 0.684. The number of ether oxygens (including phenoxy) is 2. The zero-order chi connectivity index (χ0) is 17.9. The van der Waals surface area contributed by atoms with Gasteiger partial charge in [0.15, 0.2) is 5.96 Å². The highest BCUT2D eigenvalue weighted by Crippen LogP contribution is 2.17. The standard InChI is InChI=1S/C19H32N4O2/c1-4-14-25-18-16(8-7-11-21-18)15-22-19(20-5-2)23-12-9-17(10-13-23)24-6-3/h7-8,11,17H,4-6,9-10,12-15H2,1-3H3,(H,20,22). The van der Waals surface area contributed by atoms with E-state index >= 15 is 0 Å². The van der Waals surface area contributed by atoms with Crippen molar-refractivity contribution in [2.75, 3.05) is 32.8 Å². The van der Waals surface area contributed by atoms with Crippen molar-refractivity contribution in [3.05, 3.63) is 23.9 Å². The number of piperidine rings is 1. The van der Waals surface area contributed by atoms with Crippen molar-refractivity contribution in [1.29, 1.82) is 0 Å². The predicted molar refractivity (Wildman–Crippen MR) is 101 cm³/mol. The minimum absolute atomic E-state index is 0.386. The quantitative estimate of drug-likeness (QED) is 0.578. The van der Waals surface area contributed by atoms with E-state index in [1.807, 2.05) is 12.1 Å². The van der Waals surface area contributed by atoms with E-state index in [1.165, 1.54) is 0 Å². The average Bonchev–Trinajstić information content (AvgIpc) is 2.65. The predicted octanol–water partition coefficient (Wildman–Crippen LogP) is 2.84. The Bertz CT molecular complexity index is 528. The molecule has 2 heterocycles. The molecule has 2 rings (SSSR count). The second-order valence-electron chi connectivity index (χ2n) is 6.13. The molecule has 140 valence electrons. The lowest BCUT2D eigenvalue weighted by Gasteiger charge is -2.34. The van der Waals surface area contributed by atoms with Crippen LogP contribution in [0.1, 0.15) is 45.6 Å². The van der Waals surface area contributed by atoms with Gasteiger partial charge in [-0.1, -0.05) is 13.0 Å². The van der Waals surface area contributed by atoms with Gasteiger partial charge in [0.05, 0.1) is 19.3 Å². The molecule has 0 amide bonds. The summed E-state index contributed by atoms with van der Waals surface area (Å²) in [4.78, 5) is 11.5. The highest BCUT2D eigenvalue weighted by Gasteiger charge is 2.21. The molecule has 6 nitrogen and oxygen atoms in total. The van der Waals surface area contributed by atoms with Gasteiger partial charge in [0.1, 0.15) is 0 Å². The van der Waals surface area contributed by atoms with E-state index in [9.17, 15) is 0 Å². The Labute approximate surface area is 151 Å². The third kappa shape index (κ3) is 6.20. The Morgan fingerprint density at radius 2 is 2.12 bits per heavy atom. The zero-order valence-corrected chi connectivity index (χ0v) is 15.8. The molecule has 0 atom stereocenters. The van der Waals surface area contributed by atoms with Crippen molar-refractivity contribution in [3.8, 4) is 5.88 Å². The maximum Gasteiger partial charge on any atom is 0.218 e. The van der Waals surface area contributed by atoms with Gasteiger partial charge < -0.3 is 19.7 Å². The van der Waals surface area contributed by atoms with E-state index < -0.39 is 0 Å². The van der Waals surface area contributed by atoms with Crippen molar-refractivity contribution in [1.82, 2.24) is 15.2 Å². The Morgan fingerprint density at radius 3 is 2.80 bits per heavy atom. The van der Waals surface area contributed by atoms with Crippen molar-refractivity contribution < 1.29 is 9.47 Å². The third-order valence-corrected chi connectivity index (χ3v) is 4.17. The topological polar surface area (TPSA) is 59.0 Å². The maximum atomic E-state index is 5.74. The van der Waals surface area contributed by atoms with Gasteiger partial charge >= 0.3 is 0 Å². The average molecular weight is 348 g/mol. The molecular weight excluding hydrogens is 316 g/mol. The normalized spacial score (nSPS) is 16.1. The smallest absolute Gasteiger partial charge is 0.218 e. The summed E-state index contributed by atoms with van der Waals surface area (Å²) >= 11 is 0. The van der Waals surface area contributed by atoms with Crippen LogP contribution in [0, 0.1) is 0 Å². The van der Waals surface area contributed by atoms with E-state index in [4.69, 9.17) is 14.5 Å². The van der Waals surface area contributed by atoms with Gasteiger partial charge in [-0.25, -0.2) is 9.98 Å². The number of hydrogen-bond donors (Lipinski definition) is 1. The highest BCUT2D eigenvalue weighted by atomic mass is 16.5. The number of rotatable bonds is 8. The fourth-order valence-electron chi connectivity index (χ4n) is 2.93. The molecule has 1 aliphatic heterocycles. The van der Waals surface area contributed by atoms with Gasteiger partial charge in [-0.15, -0.1) is 0 Å². The summed E-state index contributed by atoms with van der Waals surface area (Å²) in [6, 6.07) is 3.97. The first-order valence-corrected chi connectivity index (χ1v) is 9.50. The molecule has 1 aromatic heterocycles. The number of hydrogen-bond acceptors (Lipinski definition) is 4. The van der Waals surface area contributed by atoms with Crippen LogP contribution in [0.5, 0.6) is 5.88 Å². The Balaban J connectivity index is 2.00. The van der Waals surface area contributed by atoms with Crippen LogP contribution in [0.15, 0.2) is 23.3 Å². The Morgan fingerprint density at radius 1 is 1.32 bits per heavy atom. The lowest BCUT2D eigenvalue weighted by molar-refractivity contribution is 0.0263. The first-order chi connectivity index (χ1) is 12.3. The molecule has 1 fully saturated rings. The minimum Gasteiger partial charge on any atom is -0.477 e. The maximum absolute atomic E-state index is 5.74. The number of aromatic nitrogens is 1. The first kappa shape index (κ1) is 19.5. The summed E-state index contributed by atoms with van der Waals surface area (Å²) < 4.78 is 11.5. The summed E-state index contributed by atoms with van der Waals surface area (Å²) in [5.74, 6) is 1.65. The van der Waals surface area contributed by atoms with Crippen LogP contribution in [0.2, 0.25) is 0 Å². The van der Waals surface area contributed by atoms with E-state index in [2.05, 4.69) is 36.0 Å². The molecule has 1 aliphatic rings. The van der Waals surface area contributed by atoms with Crippen LogP contribution in [0.3, 0.4) is 0 Å². The zero-order valence-electron chi connectivity index (χ0n) is 15.8. The number of pyridine rings is 1. The number of likely N-dealkylation sites (tertiary alicyclic amines) is 1. The summed E-state index contributed by atoms with van der Waals surface area (Å²) in [7, 11) is 0. The molecule has 1 aromatic rings. The molecule has 0 unspecified atom stereocenters. The van der Waals surface area contributed by atoms with Crippen LogP contribution in [0.25, 0.3) is 0 Å². The third-order valence-electron chi connectivity index (χ3n) is 4.17. The largest absolute Gasteiger partial charge is 0.477 e.